The van der Waals surface area contributed by atoms with Crippen LogP contribution >= 0.6 is 22.9 Å². The fourth-order valence-corrected chi connectivity index (χ4v) is 7.55. The molecule has 0 saturated carbocycles. The van der Waals surface area contributed by atoms with E-state index in [0.29, 0.717) is 28.2 Å². The fraction of sp³-hybridized carbons (Fsp3) is 0.348. The maximum Gasteiger partial charge on any atom is 0.420 e. The number of anilines is 2. The monoisotopic (exact) mass is 571 g/mol. The van der Waals surface area contributed by atoms with Crippen molar-refractivity contribution in [3.8, 4) is 10.6 Å². The van der Waals surface area contributed by atoms with Crippen LogP contribution < -0.4 is 5.32 Å². The van der Waals surface area contributed by atoms with Gasteiger partial charge < -0.3 is 15.1 Å². The van der Waals surface area contributed by atoms with E-state index in [2.05, 4.69) is 20.2 Å². The average Bonchev–Trinajstić information content (AvgIpc) is 3.26. The Labute approximate surface area is 220 Å². The van der Waals surface area contributed by atoms with E-state index < -0.39 is 33.2 Å². The van der Waals surface area contributed by atoms with Gasteiger partial charge in [0.2, 0.25) is 5.95 Å². The number of aromatic nitrogens is 2. The second-order valence-corrected chi connectivity index (χ2v) is 12.6. The first-order valence-corrected chi connectivity index (χ1v) is 14.0. The lowest BCUT2D eigenvalue weighted by Crippen LogP contribution is -2.27. The second kappa shape index (κ2) is 9.22. The molecule has 8 nitrogen and oxygen atoms in total. The van der Waals surface area contributed by atoms with Gasteiger partial charge in [-0.2, -0.15) is 13.2 Å². The summed E-state index contributed by atoms with van der Waals surface area (Å²) in [6.45, 7) is 1.58. The number of amides is 1. The summed E-state index contributed by atoms with van der Waals surface area (Å²) in [6, 6.07) is 4.74. The van der Waals surface area contributed by atoms with Crippen molar-refractivity contribution < 1.29 is 26.4 Å². The number of benzene rings is 1. The molecule has 196 valence electrons. The molecule has 0 bridgehead atoms. The summed E-state index contributed by atoms with van der Waals surface area (Å²) in [4.78, 5) is 23.5. The van der Waals surface area contributed by atoms with Crippen molar-refractivity contribution in [1.29, 1.82) is 0 Å². The number of carbonyl (C=O) groups excluding carboxylic acids is 1. The standard InChI is InChI=1S/C23H21ClF3N5O3S2/c1-31-4-3-12-8-16(15(24)7-13(12)11-31)29-22-28-10-14(23(25,26)27)19(30-22)17-9-18-20(36-17)21(33)32(2)5-6-37(18,34)35/h7-10H,3-6,11H2,1-2H3,(H,28,29,30). The number of nitrogens with one attached hydrogen (secondary N) is 1. The van der Waals surface area contributed by atoms with Crippen molar-refractivity contribution in [2.24, 2.45) is 0 Å². The Bertz CT molecular complexity index is 1520. The van der Waals surface area contributed by atoms with Gasteiger partial charge in [-0.25, -0.2) is 18.4 Å². The highest BCUT2D eigenvalue weighted by atomic mass is 35.5. The summed E-state index contributed by atoms with van der Waals surface area (Å²) in [6.07, 6.45) is -3.39. The highest BCUT2D eigenvalue weighted by Gasteiger charge is 2.38. The maximum absolute atomic E-state index is 13.9. The van der Waals surface area contributed by atoms with E-state index in [0.717, 1.165) is 36.7 Å². The van der Waals surface area contributed by atoms with E-state index in [-0.39, 0.29) is 32.9 Å². The molecule has 5 rings (SSSR count). The van der Waals surface area contributed by atoms with Crippen LogP contribution in [-0.2, 0) is 29.0 Å². The van der Waals surface area contributed by atoms with Gasteiger partial charge >= 0.3 is 6.18 Å². The average molecular weight is 572 g/mol. The zero-order valence-corrected chi connectivity index (χ0v) is 22.1. The minimum Gasteiger partial charge on any atom is -0.340 e. The molecule has 0 unspecified atom stereocenters. The number of halogens is 4. The number of carbonyl (C=O) groups is 1. The molecule has 0 radical (unpaired) electrons. The summed E-state index contributed by atoms with van der Waals surface area (Å²) in [5, 5.41) is 3.26. The van der Waals surface area contributed by atoms with E-state index in [4.69, 9.17) is 11.6 Å². The summed E-state index contributed by atoms with van der Waals surface area (Å²) in [5.74, 6) is -1.04. The van der Waals surface area contributed by atoms with Crippen molar-refractivity contribution in [2.75, 3.05) is 38.3 Å². The number of thiophene rings is 1. The maximum atomic E-state index is 13.9. The zero-order valence-electron chi connectivity index (χ0n) is 19.7. The molecule has 0 fully saturated rings. The molecule has 0 spiro atoms. The van der Waals surface area contributed by atoms with Crippen molar-refractivity contribution in [3.05, 3.63) is 51.0 Å². The molecular weight excluding hydrogens is 551 g/mol. The normalized spacial score (nSPS) is 17.8. The van der Waals surface area contributed by atoms with E-state index in [9.17, 15) is 26.4 Å². The molecule has 2 aliphatic rings. The van der Waals surface area contributed by atoms with E-state index >= 15 is 0 Å². The van der Waals surface area contributed by atoms with Gasteiger partial charge in [0, 0.05) is 32.9 Å². The van der Waals surface area contributed by atoms with Crippen molar-refractivity contribution >= 4 is 50.3 Å². The summed E-state index contributed by atoms with van der Waals surface area (Å²) in [5.41, 5.74) is 0.898. The van der Waals surface area contributed by atoms with Crippen LogP contribution in [0.2, 0.25) is 5.02 Å². The Morgan fingerprint density at radius 3 is 2.62 bits per heavy atom. The van der Waals surface area contributed by atoms with Crippen LogP contribution in [0, 0.1) is 0 Å². The topological polar surface area (TPSA) is 95.5 Å². The van der Waals surface area contributed by atoms with Gasteiger partial charge in [0.15, 0.2) is 9.84 Å². The Morgan fingerprint density at radius 2 is 1.89 bits per heavy atom. The molecule has 3 aromatic rings. The van der Waals surface area contributed by atoms with Crippen LogP contribution in [0.5, 0.6) is 0 Å². The molecule has 0 saturated heterocycles. The third kappa shape index (κ3) is 4.92. The van der Waals surface area contributed by atoms with Crippen LogP contribution in [0.3, 0.4) is 0 Å². The van der Waals surface area contributed by atoms with Gasteiger partial charge in [0.05, 0.1) is 31.9 Å². The Kier molecular flexibility index (Phi) is 6.45. The number of hydrogen-bond acceptors (Lipinski definition) is 8. The first-order chi connectivity index (χ1) is 17.3. The number of alkyl halides is 3. The van der Waals surface area contributed by atoms with Crippen LogP contribution in [0.4, 0.5) is 24.8 Å². The largest absolute Gasteiger partial charge is 0.420 e. The molecule has 2 aliphatic heterocycles. The number of sulfone groups is 1. The van der Waals surface area contributed by atoms with Crippen LogP contribution in [0.25, 0.3) is 10.6 Å². The highest BCUT2D eigenvalue weighted by molar-refractivity contribution is 7.91. The molecule has 1 N–H and O–H groups in total. The summed E-state index contributed by atoms with van der Waals surface area (Å²) in [7, 11) is -0.424. The summed E-state index contributed by atoms with van der Waals surface area (Å²) >= 11 is 7.11. The van der Waals surface area contributed by atoms with E-state index in [1.165, 1.54) is 11.9 Å². The third-order valence-corrected chi connectivity index (χ3v) is 9.62. The third-order valence-electron chi connectivity index (χ3n) is 6.34. The molecule has 2 aromatic heterocycles. The fourth-order valence-electron chi connectivity index (χ4n) is 4.29. The van der Waals surface area contributed by atoms with Crippen molar-refractivity contribution in [2.45, 2.75) is 24.0 Å². The molecule has 4 heterocycles. The Hall–Kier alpha value is -2.74. The smallest absolute Gasteiger partial charge is 0.340 e. The van der Waals surface area contributed by atoms with Crippen LogP contribution in [0.15, 0.2) is 29.3 Å². The lowest BCUT2D eigenvalue weighted by Gasteiger charge is -2.26. The predicted octanol–water partition coefficient (Wildman–Crippen LogP) is 4.47. The second-order valence-electron chi connectivity index (χ2n) is 9.02. The van der Waals surface area contributed by atoms with Gasteiger partial charge in [0.25, 0.3) is 5.91 Å². The van der Waals surface area contributed by atoms with Gasteiger partial charge in [0.1, 0.15) is 10.4 Å². The zero-order chi connectivity index (χ0) is 26.7. The minimum atomic E-state index is -4.82. The number of rotatable bonds is 3. The van der Waals surface area contributed by atoms with E-state index in [1.54, 1.807) is 0 Å². The molecule has 1 aromatic carbocycles. The SMILES string of the molecule is CN1CCc2cc(Nc3ncc(C(F)(F)F)c(-c4cc5c(s4)C(=O)N(C)CCS5(=O)=O)n3)c(Cl)cc2C1. The summed E-state index contributed by atoms with van der Waals surface area (Å²) < 4.78 is 67.2. The van der Waals surface area contributed by atoms with E-state index in [1.807, 2.05) is 19.2 Å². The quantitative estimate of drug-likeness (QED) is 0.496. The van der Waals surface area contributed by atoms with Gasteiger partial charge in [-0.15, -0.1) is 11.3 Å². The number of fused-ring (bicyclic) bond motifs is 2. The number of nitrogens with zero attached hydrogens (tertiary/aromatic N) is 4. The van der Waals surface area contributed by atoms with Crippen LogP contribution in [-0.4, -0.2) is 67.0 Å². The van der Waals surface area contributed by atoms with Gasteiger partial charge in [-0.3, -0.25) is 4.79 Å². The van der Waals surface area contributed by atoms with Crippen molar-refractivity contribution in [3.63, 3.8) is 0 Å². The molecule has 14 heteroatoms. The molecule has 1 amide bonds. The van der Waals surface area contributed by atoms with Gasteiger partial charge in [-0.05, 0) is 42.8 Å². The molecular formula is C23H21ClF3N5O3S2. The lowest BCUT2D eigenvalue weighted by atomic mass is 9.99. The Balaban J connectivity index is 1.59. The van der Waals surface area contributed by atoms with Crippen LogP contribution in [0.1, 0.15) is 26.4 Å². The lowest BCUT2D eigenvalue weighted by molar-refractivity contribution is -0.137. The minimum absolute atomic E-state index is 0.00883. The first kappa shape index (κ1) is 25.9. The van der Waals surface area contributed by atoms with Crippen molar-refractivity contribution in [1.82, 2.24) is 19.8 Å². The van der Waals surface area contributed by atoms with Gasteiger partial charge in [-0.1, -0.05) is 11.6 Å². The molecule has 0 aliphatic carbocycles. The number of likely N-dealkylation sites (N-methyl/N-ethyl adjacent to an activating group) is 1. The molecule has 37 heavy (non-hydrogen) atoms. The predicted molar refractivity (Wildman–Crippen MR) is 134 cm³/mol. The Morgan fingerprint density at radius 1 is 1.14 bits per heavy atom. The first-order valence-electron chi connectivity index (χ1n) is 11.2. The molecule has 0 atom stereocenters. The highest BCUT2D eigenvalue weighted by Crippen LogP contribution is 2.42. The number of hydrogen-bond donors (Lipinski definition) is 1.